The molecule has 0 saturated carbocycles. The van der Waals surface area contributed by atoms with E-state index in [9.17, 15) is 14.7 Å². The summed E-state index contributed by atoms with van der Waals surface area (Å²) in [6.45, 7) is 1.81. The largest absolute Gasteiger partial charge is 0.504 e. The predicted octanol–water partition coefficient (Wildman–Crippen LogP) is 3.94. The number of Topliss-reactive ketones (excluding diaryl/α,β-unsaturated/α-hetero) is 1. The lowest BCUT2D eigenvalue weighted by Gasteiger charge is -2.36. The Labute approximate surface area is 192 Å². The van der Waals surface area contributed by atoms with Gasteiger partial charge in [0.2, 0.25) is 0 Å². The molecule has 2 aromatic rings. The van der Waals surface area contributed by atoms with Gasteiger partial charge < -0.3 is 24.6 Å². The van der Waals surface area contributed by atoms with Gasteiger partial charge in [0.1, 0.15) is 5.75 Å². The minimum absolute atomic E-state index is 0.0112. The third-order valence-corrected chi connectivity index (χ3v) is 6.36. The van der Waals surface area contributed by atoms with Crippen LogP contribution in [0.5, 0.6) is 17.2 Å². The Kier molecular flexibility index (Phi) is 6.14. The smallest absolute Gasteiger partial charge is 0.336 e. The SMILES string of the molecule is COC(=O)C1=C(C)NC2=C(C(=O)C[C@H](c3ccc(OC)cc3)C2)[C@@H]1c1ccc(O)c(OC)c1. The van der Waals surface area contributed by atoms with E-state index >= 15 is 0 Å². The van der Waals surface area contributed by atoms with Gasteiger partial charge in [0.15, 0.2) is 17.3 Å². The first-order valence-corrected chi connectivity index (χ1v) is 10.7. The van der Waals surface area contributed by atoms with Crippen molar-refractivity contribution in [2.75, 3.05) is 21.3 Å². The van der Waals surface area contributed by atoms with Gasteiger partial charge in [0.05, 0.1) is 26.9 Å². The number of ether oxygens (including phenoxy) is 3. The minimum atomic E-state index is -0.618. The Hall–Kier alpha value is -3.74. The van der Waals surface area contributed by atoms with Gasteiger partial charge >= 0.3 is 5.97 Å². The Morgan fingerprint density at radius 3 is 2.33 bits per heavy atom. The van der Waals surface area contributed by atoms with Gasteiger partial charge in [0.25, 0.3) is 0 Å². The van der Waals surface area contributed by atoms with Crippen LogP contribution in [-0.4, -0.2) is 38.2 Å². The number of hydrogen-bond donors (Lipinski definition) is 2. The van der Waals surface area contributed by atoms with E-state index in [4.69, 9.17) is 14.2 Å². The zero-order chi connectivity index (χ0) is 23.7. The van der Waals surface area contributed by atoms with Crippen molar-refractivity contribution in [2.24, 2.45) is 0 Å². The molecule has 0 unspecified atom stereocenters. The van der Waals surface area contributed by atoms with Crippen molar-refractivity contribution in [2.45, 2.75) is 31.6 Å². The van der Waals surface area contributed by atoms with E-state index in [0.29, 0.717) is 35.2 Å². The molecule has 1 heterocycles. The number of benzene rings is 2. The zero-order valence-electron chi connectivity index (χ0n) is 19.1. The molecule has 2 aromatic carbocycles. The highest BCUT2D eigenvalue weighted by Crippen LogP contribution is 2.46. The molecule has 33 heavy (non-hydrogen) atoms. The number of allylic oxidation sites excluding steroid dienone is 3. The number of carbonyl (C=O) groups excluding carboxylic acids is 2. The van der Waals surface area contributed by atoms with Crippen molar-refractivity contribution in [1.82, 2.24) is 5.32 Å². The number of hydrogen-bond acceptors (Lipinski definition) is 7. The molecule has 0 fully saturated rings. The summed E-state index contributed by atoms with van der Waals surface area (Å²) in [6.07, 6.45) is 0.955. The monoisotopic (exact) mass is 449 g/mol. The summed E-state index contributed by atoms with van der Waals surface area (Å²) >= 11 is 0. The number of phenols is 1. The summed E-state index contributed by atoms with van der Waals surface area (Å²) in [4.78, 5) is 26.3. The first kappa shape index (κ1) is 22.5. The van der Waals surface area contributed by atoms with Crippen molar-refractivity contribution in [3.63, 3.8) is 0 Å². The highest BCUT2D eigenvalue weighted by Gasteiger charge is 2.41. The molecule has 0 saturated heterocycles. The maximum absolute atomic E-state index is 13.5. The molecule has 2 N–H and O–H groups in total. The molecular formula is C26H27NO6. The van der Waals surface area contributed by atoms with Crippen LogP contribution in [0.4, 0.5) is 0 Å². The Bertz CT molecular complexity index is 1160. The molecule has 0 bridgehead atoms. The quantitative estimate of drug-likeness (QED) is 0.668. The summed E-state index contributed by atoms with van der Waals surface area (Å²) in [7, 11) is 4.40. The van der Waals surface area contributed by atoms with Crippen molar-refractivity contribution < 1.29 is 28.9 Å². The normalized spacial score (nSPS) is 20.2. The Morgan fingerprint density at radius 2 is 1.70 bits per heavy atom. The van der Waals surface area contributed by atoms with E-state index < -0.39 is 11.9 Å². The molecule has 2 atom stereocenters. The van der Waals surface area contributed by atoms with Crippen LogP contribution in [0.15, 0.2) is 65.0 Å². The van der Waals surface area contributed by atoms with Crippen LogP contribution in [-0.2, 0) is 14.3 Å². The number of aromatic hydroxyl groups is 1. The van der Waals surface area contributed by atoms with Gasteiger partial charge in [-0.2, -0.15) is 0 Å². The average Bonchev–Trinajstić information content (AvgIpc) is 2.83. The van der Waals surface area contributed by atoms with Crippen molar-refractivity contribution in [1.29, 1.82) is 0 Å². The second-order valence-corrected chi connectivity index (χ2v) is 8.21. The molecular weight excluding hydrogens is 422 g/mol. The van der Waals surface area contributed by atoms with Crippen LogP contribution < -0.4 is 14.8 Å². The summed E-state index contributed by atoms with van der Waals surface area (Å²) in [5.41, 5.74) is 4.10. The Balaban J connectivity index is 1.80. The lowest BCUT2D eigenvalue weighted by molar-refractivity contribution is -0.136. The van der Waals surface area contributed by atoms with Gasteiger partial charge in [0, 0.05) is 29.3 Å². The maximum Gasteiger partial charge on any atom is 0.336 e. The van der Waals surface area contributed by atoms with E-state index in [1.807, 2.05) is 31.2 Å². The number of esters is 1. The highest BCUT2D eigenvalue weighted by atomic mass is 16.5. The van der Waals surface area contributed by atoms with E-state index in [1.54, 1.807) is 19.2 Å². The third-order valence-electron chi connectivity index (χ3n) is 6.36. The average molecular weight is 450 g/mol. The molecule has 4 rings (SSSR count). The standard InChI is InChI=1S/C26H27NO6/c1-14-23(26(30)33-4)24(16-7-10-20(28)22(13-16)32-3)25-19(27-14)11-17(12-21(25)29)15-5-8-18(31-2)9-6-15/h5-10,13,17,24,27-28H,11-12H2,1-4H3/t17-,24-/m1/s1. The fourth-order valence-electron chi connectivity index (χ4n) is 4.74. The fraction of sp³-hybridized carbons (Fsp3) is 0.308. The topological polar surface area (TPSA) is 94.1 Å². The van der Waals surface area contributed by atoms with Gasteiger partial charge in [-0.1, -0.05) is 18.2 Å². The predicted molar refractivity (Wildman–Crippen MR) is 122 cm³/mol. The van der Waals surface area contributed by atoms with E-state index in [0.717, 1.165) is 17.0 Å². The molecule has 0 spiro atoms. The van der Waals surface area contributed by atoms with Crippen LogP contribution in [0.25, 0.3) is 0 Å². The zero-order valence-corrected chi connectivity index (χ0v) is 19.1. The second kappa shape index (κ2) is 9.02. The lowest BCUT2D eigenvalue weighted by Crippen LogP contribution is -2.36. The van der Waals surface area contributed by atoms with Crippen LogP contribution in [0.3, 0.4) is 0 Å². The van der Waals surface area contributed by atoms with Gasteiger partial charge in [-0.15, -0.1) is 0 Å². The van der Waals surface area contributed by atoms with Gasteiger partial charge in [-0.25, -0.2) is 4.79 Å². The van der Waals surface area contributed by atoms with Crippen molar-refractivity contribution in [3.05, 3.63) is 76.1 Å². The second-order valence-electron chi connectivity index (χ2n) is 8.21. The van der Waals surface area contributed by atoms with Crippen molar-refractivity contribution >= 4 is 11.8 Å². The summed E-state index contributed by atoms with van der Waals surface area (Å²) in [6, 6.07) is 12.6. The van der Waals surface area contributed by atoms with Gasteiger partial charge in [-0.3, -0.25) is 4.79 Å². The Morgan fingerprint density at radius 1 is 1.00 bits per heavy atom. The molecule has 1 aliphatic carbocycles. The summed E-state index contributed by atoms with van der Waals surface area (Å²) < 4.78 is 15.6. The number of phenolic OH excluding ortho intramolecular Hbond substituents is 1. The first-order chi connectivity index (χ1) is 15.9. The van der Waals surface area contributed by atoms with E-state index in [-0.39, 0.29) is 23.2 Å². The van der Waals surface area contributed by atoms with Crippen molar-refractivity contribution in [3.8, 4) is 17.2 Å². The summed E-state index contributed by atoms with van der Waals surface area (Å²) in [5, 5.41) is 13.4. The molecule has 7 nitrogen and oxygen atoms in total. The number of methoxy groups -OCH3 is 3. The molecule has 2 aliphatic rings. The molecule has 1 aliphatic heterocycles. The molecule has 0 aromatic heterocycles. The van der Waals surface area contributed by atoms with Crippen LogP contribution in [0, 0.1) is 0 Å². The highest BCUT2D eigenvalue weighted by molar-refractivity contribution is 6.04. The number of ketones is 1. The number of carbonyl (C=O) groups is 2. The van der Waals surface area contributed by atoms with Crippen LogP contribution in [0.2, 0.25) is 0 Å². The first-order valence-electron chi connectivity index (χ1n) is 10.7. The molecule has 0 amide bonds. The lowest BCUT2D eigenvalue weighted by atomic mass is 9.71. The number of nitrogens with one attached hydrogen (secondary N) is 1. The third kappa shape index (κ3) is 4.06. The van der Waals surface area contributed by atoms with E-state index in [2.05, 4.69) is 5.32 Å². The molecule has 7 heteroatoms. The number of dihydropyridines is 1. The molecule has 0 radical (unpaired) electrons. The van der Waals surface area contributed by atoms with E-state index in [1.165, 1.54) is 20.3 Å². The number of rotatable bonds is 5. The maximum atomic E-state index is 13.5. The van der Waals surface area contributed by atoms with Crippen LogP contribution in [0.1, 0.15) is 42.7 Å². The summed E-state index contributed by atoms with van der Waals surface area (Å²) in [5.74, 6) is -0.123. The molecule has 172 valence electrons. The van der Waals surface area contributed by atoms with Gasteiger partial charge in [-0.05, 0) is 54.7 Å². The fourth-order valence-corrected chi connectivity index (χ4v) is 4.74. The van der Waals surface area contributed by atoms with Crippen LogP contribution >= 0.6 is 0 Å². The minimum Gasteiger partial charge on any atom is -0.504 e.